The molecule has 3 rings (SSSR count). The molecule has 5 nitrogen and oxygen atoms in total. The summed E-state index contributed by atoms with van der Waals surface area (Å²) in [6.45, 7) is 0.714. The number of ether oxygens (including phenoxy) is 3. The van der Waals surface area contributed by atoms with Gasteiger partial charge >= 0.3 is 0 Å². The highest BCUT2D eigenvalue weighted by molar-refractivity contribution is 5.79. The normalized spacial score (nSPS) is 14.2. The van der Waals surface area contributed by atoms with E-state index in [0.29, 0.717) is 37.0 Å². The third-order valence-corrected chi connectivity index (χ3v) is 2.92. The lowest BCUT2D eigenvalue weighted by molar-refractivity contribution is 0.0183. The van der Waals surface area contributed by atoms with E-state index in [1.54, 1.807) is 0 Å². The van der Waals surface area contributed by atoms with Gasteiger partial charge in [0.05, 0.1) is 17.6 Å². The van der Waals surface area contributed by atoms with Crippen LogP contribution in [0.15, 0.2) is 12.1 Å². The fraction of sp³-hybridized carbons (Fsp3) is 0.462. The predicted molar refractivity (Wildman–Crippen MR) is 67.6 cm³/mol. The van der Waals surface area contributed by atoms with E-state index in [2.05, 4.69) is 9.97 Å². The highest BCUT2D eigenvalue weighted by atomic mass is 19.3. The standard InChI is InChI=1S/C13H14F2N2O3/c14-12(15)7-18-2-1-13-16-8-5-10-11(6-9(8)17-13)20-4-3-19-10/h5-6,12H,1-4,7H2,(H,16,17). The lowest BCUT2D eigenvalue weighted by Crippen LogP contribution is -2.15. The van der Waals surface area contributed by atoms with E-state index in [9.17, 15) is 8.78 Å². The highest BCUT2D eigenvalue weighted by Crippen LogP contribution is 2.33. The van der Waals surface area contributed by atoms with Gasteiger partial charge in [-0.05, 0) is 0 Å². The minimum absolute atomic E-state index is 0.205. The number of alkyl halides is 2. The molecule has 20 heavy (non-hydrogen) atoms. The molecule has 0 bridgehead atoms. The summed E-state index contributed by atoms with van der Waals surface area (Å²) in [6.07, 6.45) is -1.99. The monoisotopic (exact) mass is 284 g/mol. The lowest BCUT2D eigenvalue weighted by atomic mass is 10.2. The van der Waals surface area contributed by atoms with Gasteiger partial charge in [-0.3, -0.25) is 0 Å². The van der Waals surface area contributed by atoms with Gasteiger partial charge in [0.2, 0.25) is 0 Å². The van der Waals surface area contributed by atoms with Crippen molar-refractivity contribution < 1.29 is 23.0 Å². The molecule has 1 aromatic heterocycles. The van der Waals surface area contributed by atoms with Gasteiger partial charge in [-0.1, -0.05) is 0 Å². The number of hydrogen-bond donors (Lipinski definition) is 1. The van der Waals surface area contributed by atoms with Gasteiger partial charge in [0, 0.05) is 18.6 Å². The molecule has 0 atom stereocenters. The minimum atomic E-state index is -2.44. The maximum atomic E-state index is 11.9. The van der Waals surface area contributed by atoms with Crippen molar-refractivity contribution in [3.05, 3.63) is 18.0 Å². The molecule has 0 saturated carbocycles. The first-order chi connectivity index (χ1) is 9.72. The quantitative estimate of drug-likeness (QED) is 0.855. The molecular formula is C13H14F2N2O3. The van der Waals surface area contributed by atoms with E-state index in [1.165, 1.54) is 0 Å². The Morgan fingerprint density at radius 1 is 1.25 bits per heavy atom. The molecular weight excluding hydrogens is 270 g/mol. The Morgan fingerprint density at radius 2 is 2.00 bits per heavy atom. The number of nitrogens with one attached hydrogen (secondary N) is 1. The van der Waals surface area contributed by atoms with Crippen LogP contribution in [-0.4, -0.2) is 42.8 Å². The molecule has 0 amide bonds. The number of rotatable bonds is 5. The van der Waals surface area contributed by atoms with Crippen LogP contribution in [0, 0.1) is 0 Å². The Balaban J connectivity index is 1.70. The second-order valence-corrected chi connectivity index (χ2v) is 4.41. The van der Waals surface area contributed by atoms with Gasteiger partial charge < -0.3 is 19.2 Å². The molecule has 1 aliphatic heterocycles. The van der Waals surface area contributed by atoms with E-state index in [0.717, 1.165) is 11.0 Å². The van der Waals surface area contributed by atoms with E-state index >= 15 is 0 Å². The van der Waals surface area contributed by atoms with E-state index in [1.807, 2.05) is 12.1 Å². The summed E-state index contributed by atoms with van der Waals surface area (Å²) in [5.41, 5.74) is 1.59. The molecule has 2 aromatic rings. The van der Waals surface area contributed by atoms with Gasteiger partial charge in [0.15, 0.2) is 11.5 Å². The molecule has 7 heteroatoms. The first-order valence-corrected chi connectivity index (χ1v) is 6.36. The highest BCUT2D eigenvalue weighted by Gasteiger charge is 2.14. The van der Waals surface area contributed by atoms with Crippen LogP contribution in [-0.2, 0) is 11.2 Å². The summed E-state index contributed by atoms with van der Waals surface area (Å²) in [4.78, 5) is 7.50. The predicted octanol–water partition coefficient (Wildman–Crippen LogP) is 2.16. The third-order valence-electron chi connectivity index (χ3n) is 2.92. The van der Waals surface area contributed by atoms with Crippen molar-refractivity contribution in [1.82, 2.24) is 9.97 Å². The van der Waals surface area contributed by atoms with Gasteiger partial charge in [-0.2, -0.15) is 0 Å². The van der Waals surface area contributed by atoms with E-state index < -0.39 is 13.0 Å². The molecule has 0 spiro atoms. The molecule has 0 aliphatic carbocycles. The van der Waals surface area contributed by atoms with E-state index in [-0.39, 0.29) is 6.61 Å². The maximum absolute atomic E-state index is 11.9. The van der Waals surface area contributed by atoms with Crippen LogP contribution in [0.2, 0.25) is 0 Å². The summed E-state index contributed by atoms with van der Waals surface area (Å²) < 4.78 is 39.6. The number of nitrogens with zero attached hydrogens (tertiary/aromatic N) is 1. The summed E-state index contributed by atoms with van der Waals surface area (Å²) >= 11 is 0. The zero-order valence-electron chi connectivity index (χ0n) is 10.7. The van der Waals surface area contributed by atoms with Gasteiger partial charge in [-0.15, -0.1) is 0 Å². The number of hydrogen-bond acceptors (Lipinski definition) is 4. The van der Waals surface area contributed by atoms with E-state index in [4.69, 9.17) is 14.2 Å². The van der Waals surface area contributed by atoms with Crippen molar-refractivity contribution in [2.75, 3.05) is 26.4 Å². The summed E-state index contributed by atoms with van der Waals surface area (Å²) in [6, 6.07) is 3.64. The van der Waals surface area contributed by atoms with Crippen molar-refractivity contribution in [2.45, 2.75) is 12.8 Å². The number of imidazole rings is 1. The summed E-state index contributed by atoms with van der Waals surface area (Å²) in [7, 11) is 0. The molecule has 1 N–H and O–H groups in total. The van der Waals surface area contributed by atoms with Gasteiger partial charge in [0.25, 0.3) is 6.43 Å². The Kier molecular flexibility index (Phi) is 3.68. The Bertz CT molecular complexity index is 558. The van der Waals surface area contributed by atoms with Crippen molar-refractivity contribution in [3.8, 4) is 11.5 Å². The zero-order valence-corrected chi connectivity index (χ0v) is 10.7. The molecule has 0 radical (unpaired) electrons. The molecule has 1 aliphatic rings. The maximum Gasteiger partial charge on any atom is 0.261 e. The first-order valence-electron chi connectivity index (χ1n) is 6.36. The van der Waals surface area contributed by atoms with Crippen LogP contribution < -0.4 is 9.47 Å². The largest absolute Gasteiger partial charge is 0.486 e. The fourth-order valence-corrected chi connectivity index (χ4v) is 2.06. The second kappa shape index (κ2) is 5.62. The molecule has 0 saturated heterocycles. The Hall–Kier alpha value is -1.89. The molecule has 1 aromatic carbocycles. The SMILES string of the molecule is FC(F)COCCc1nc2cc3c(cc2[nH]1)OCCO3. The average Bonchev–Trinajstić information content (AvgIpc) is 2.82. The van der Waals surface area contributed by atoms with Crippen molar-refractivity contribution in [2.24, 2.45) is 0 Å². The van der Waals surface area contributed by atoms with Crippen LogP contribution >= 0.6 is 0 Å². The number of aromatic amines is 1. The minimum Gasteiger partial charge on any atom is -0.486 e. The number of benzene rings is 1. The van der Waals surface area contributed by atoms with Gasteiger partial charge in [0.1, 0.15) is 25.6 Å². The van der Waals surface area contributed by atoms with Crippen molar-refractivity contribution in [3.63, 3.8) is 0 Å². The summed E-state index contributed by atoms with van der Waals surface area (Å²) in [5, 5.41) is 0. The zero-order chi connectivity index (χ0) is 13.9. The van der Waals surface area contributed by atoms with Crippen LogP contribution in [0.4, 0.5) is 8.78 Å². The van der Waals surface area contributed by atoms with Crippen molar-refractivity contribution >= 4 is 11.0 Å². The third kappa shape index (κ3) is 2.82. The Morgan fingerprint density at radius 3 is 2.75 bits per heavy atom. The number of aromatic nitrogens is 2. The smallest absolute Gasteiger partial charge is 0.261 e. The van der Waals surface area contributed by atoms with Crippen LogP contribution in [0.5, 0.6) is 11.5 Å². The molecule has 2 heterocycles. The first kappa shape index (κ1) is 13.1. The van der Waals surface area contributed by atoms with Gasteiger partial charge in [-0.25, -0.2) is 13.8 Å². The fourth-order valence-electron chi connectivity index (χ4n) is 2.06. The summed E-state index contributed by atoms with van der Waals surface area (Å²) in [5.74, 6) is 2.06. The number of halogens is 2. The van der Waals surface area contributed by atoms with Crippen molar-refractivity contribution in [1.29, 1.82) is 0 Å². The topological polar surface area (TPSA) is 56.4 Å². The molecule has 108 valence electrons. The second-order valence-electron chi connectivity index (χ2n) is 4.41. The van der Waals surface area contributed by atoms with Crippen LogP contribution in [0.25, 0.3) is 11.0 Å². The van der Waals surface area contributed by atoms with Crippen LogP contribution in [0.1, 0.15) is 5.82 Å². The number of fused-ring (bicyclic) bond motifs is 2. The molecule has 0 fully saturated rings. The Labute approximate surface area is 113 Å². The average molecular weight is 284 g/mol. The number of H-pyrrole nitrogens is 1. The molecule has 0 unspecified atom stereocenters. The lowest BCUT2D eigenvalue weighted by Gasteiger charge is -2.17. The van der Waals surface area contributed by atoms with Crippen LogP contribution in [0.3, 0.4) is 0 Å².